The Bertz CT molecular complexity index is 693. The number of anilines is 1. The van der Waals surface area contributed by atoms with Crippen LogP contribution in [-0.4, -0.2) is 39.3 Å². The van der Waals surface area contributed by atoms with Crippen molar-refractivity contribution in [1.29, 1.82) is 0 Å². The SMILES string of the molecule is Cc1ccc(NC(=O)C2(CN)CCCC2)cc1S(=O)(=O)N(C)C. The van der Waals surface area contributed by atoms with Crippen molar-refractivity contribution < 1.29 is 13.2 Å². The molecule has 0 saturated heterocycles. The molecule has 1 saturated carbocycles. The Labute approximate surface area is 138 Å². The molecule has 1 aromatic rings. The van der Waals surface area contributed by atoms with Gasteiger partial charge in [0, 0.05) is 26.3 Å². The molecule has 128 valence electrons. The van der Waals surface area contributed by atoms with Crippen LogP contribution in [0.2, 0.25) is 0 Å². The molecule has 1 fully saturated rings. The molecule has 0 radical (unpaired) electrons. The standard InChI is InChI=1S/C16H25N3O3S/c1-12-6-7-13(10-14(12)23(21,22)19(2)3)18-15(20)16(11-17)8-4-5-9-16/h6-7,10H,4-5,8-9,11,17H2,1-3H3,(H,18,20). The summed E-state index contributed by atoms with van der Waals surface area (Å²) < 4.78 is 25.9. The van der Waals surface area contributed by atoms with Crippen molar-refractivity contribution in [2.24, 2.45) is 11.1 Å². The first-order valence-electron chi connectivity index (χ1n) is 7.78. The van der Waals surface area contributed by atoms with Crippen LogP contribution in [0.3, 0.4) is 0 Å². The maximum Gasteiger partial charge on any atom is 0.242 e. The van der Waals surface area contributed by atoms with E-state index in [-0.39, 0.29) is 10.8 Å². The van der Waals surface area contributed by atoms with E-state index >= 15 is 0 Å². The number of carbonyl (C=O) groups excluding carboxylic acids is 1. The van der Waals surface area contributed by atoms with Crippen LogP contribution in [0.1, 0.15) is 31.2 Å². The molecule has 7 heteroatoms. The van der Waals surface area contributed by atoms with E-state index in [1.165, 1.54) is 24.5 Å². The summed E-state index contributed by atoms with van der Waals surface area (Å²) in [4.78, 5) is 12.8. The summed E-state index contributed by atoms with van der Waals surface area (Å²) in [6.45, 7) is 2.05. The second-order valence-corrected chi connectivity index (χ2v) is 8.53. The van der Waals surface area contributed by atoms with Gasteiger partial charge in [0.2, 0.25) is 15.9 Å². The van der Waals surface area contributed by atoms with E-state index in [1.807, 2.05) is 0 Å². The quantitative estimate of drug-likeness (QED) is 0.854. The van der Waals surface area contributed by atoms with Gasteiger partial charge in [-0.15, -0.1) is 0 Å². The molecule has 1 aliphatic carbocycles. The molecule has 23 heavy (non-hydrogen) atoms. The molecule has 0 spiro atoms. The zero-order chi connectivity index (χ0) is 17.3. The van der Waals surface area contributed by atoms with Gasteiger partial charge in [-0.1, -0.05) is 18.9 Å². The molecular weight excluding hydrogens is 314 g/mol. The van der Waals surface area contributed by atoms with Crippen molar-refractivity contribution in [3.05, 3.63) is 23.8 Å². The molecule has 1 aliphatic rings. The average Bonchev–Trinajstić information content (AvgIpc) is 2.99. The van der Waals surface area contributed by atoms with Gasteiger partial charge in [0.15, 0.2) is 0 Å². The number of hydrogen-bond donors (Lipinski definition) is 2. The van der Waals surface area contributed by atoms with Crippen LogP contribution in [-0.2, 0) is 14.8 Å². The number of amides is 1. The normalized spacial score (nSPS) is 17.4. The second-order valence-electron chi connectivity index (χ2n) is 6.41. The van der Waals surface area contributed by atoms with E-state index in [2.05, 4.69) is 5.32 Å². The fourth-order valence-corrected chi connectivity index (χ4v) is 4.14. The van der Waals surface area contributed by atoms with Crippen LogP contribution in [0.25, 0.3) is 0 Å². The summed E-state index contributed by atoms with van der Waals surface area (Å²) in [6, 6.07) is 4.94. The highest BCUT2D eigenvalue weighted by Crippen LogP contribution is 2.38. The molecule has 0 bridgehead atoms. The van der Waals surface area contributed by atoms with E-state index in [9.17, 15) is 13.2 Å². The zero-order valence-electron chi connectivity index (χ0n) is 13.9. The average molecular weight is 339 g/mol. The summed E-state index contributed by atoms with van der Waals surface area (Å²) in [6.07, 6.45) is 3.56. The summed E-state index contributed by atoms with van der Waals surface area (Å²) in [5.74, 6) is -0.116. The highest BCUT2D eigenvalue weighted by molar-refractivity contribution is 7.89. The number of rotatable bonds is 5. The number of sulfonamides is 1. The fourth-order valence-electron chi connectivity index (χ4n) is 2.99. The Kier molecular flexibility index (Phi) is 5.13. The third kappa shape index (κ3) is 3.41. The predicted octanol–water partition coefficient (Wildman–Crippen LogP) is 1.70. The summed E-state index contributed by atoms with van der Waals surface area (Å²) in [5, 5.41) is 2.85. The third-order valence-corrected chi connectivity index (χ3v) is 6.59. The van der Waals surface area contributed by atoms with Gasteiger partial charge < -0.3 is 11.1 Å². The van der Waals surface area contributed by atoms with E-state index in [0.29, 0.717) is 17.8 Å². The zero-order valence-corrected chi connectivity index (χ0v) is 14.7. The largest absolute Gasteiger partial charge is 0.329 e. The molecule has 1 aromatic carbocycles. The molecule has 0 atom stereocenters. The molecule has 0 heterocycles. The summed E-state index contributed by atoms with van der Waals surface area (Å²) in [5.41, 5.74) is 6.43. The first kappa shape index (κ1) is 17.9. The Morgan fingerprint density at radius 1 is 1.30 bits per heavy atom. The number of nitrogens with zero attached hydrogens (tertiary/aromatic N) is 1. The maximum absolute atomic E-state index is 12.6. The van der Waals surface area contributed by atoms with Gasteiger partial charge in [0.25, 0.3) is 0 Å². The van der Waals surface area contributed by atoms with Gasteiger partial charge >= 0.3 is 0 Å². The highest BCUT2D eigenvalue weighted by Gasteiger charge is 2.39. The number of hydrogen-bond acceptors (Lipinski definition) is 4. The van der Waals surface area contributed by atoms with Crippen LogP contribution in [0.15, 0.2) is 23.1 Å². The van der Waals surface area contributed by atoms with Crippen molar-refractivity contribution in [3.8, 4) is 0 Å². The fraction of sp³-hybridized carbons (Fsp3) is 0.562. The smallest absolute Gasteiger partial charge is 0.242 e. The van der Waals surface area contributed by atoms with Gasteiger partial charge in [0.1, 0.15) is 0 Å². The predicted molar refractivity (Wildman–Crippen MR) is 90.6 cm³/mol. The minimum Gasteiger partial charge on any atom is -0.329 e. The lowest BCUT2D eigenvalue weighted by atomic mass is 9.85. The highest BCUT2D eigenvalue weighted by atomic mass is 32.2. The van der Waals surface area contributed by atoms with Gasteiger partial charge in [0.05, 0.1) is 10.3 Å². The minimum absolute atomic E-state index is 0.116. The lowest BCUT2D eigenvalue weighted by Gasteiger charge is -2.26. The van der Waals surface area contributed by atoms with Gasteiger partial charge in [-0.25, -0.2) is 12.7 Å². The molecule has 6 nitrogen and oxygen atoms in total. The van der Waals surface area contributed by atoms with E-state index in [1.54, 1.807) is 19.1 Å². The Morgan fingerprint density at radius 2 is 1.91 bits per heavy atom. The van der Waals surface area contributed by atoms with Crippen molar-refractivity contribution in [2.45, 2.75) is 37.5 Å². The molecule has 0 aromatic heterocycles. The summed E-state index contributed by atoms with van der Waals surface area (Å²) in [7, 11) is -0.572. The van der Waals surface area contributed by atoms with Crippen LogP contribution < -0.4 is 11.1 Å². The number of nitrogens with one attached hydrogen (secondary N) is 1. The van der Waals surface area contributed by atoms with Gasteiger partial charge in [-0.05, 0) is 37.5 Å². The topological polar surface area (TPSA) is 92.5 Å². The van der Waals surface area contributed by atoms with E-state index in [0.717, 1.165) is 25.7 Å². The summed E-state index contributed by atoms with van der Waals surface area (Å²) >= 11 is 0. The first-order chi connectivity index (χ1) is 10.7. The Morgan fingerprint density at radius 3 is 2.43 bits per heavy atom. The van der Waals surface area contributed by atoms with Crippen LogP contribution in [0.4, 0.5) is 5.69 Å². The van der Waals surface area contributed by atoms with Crippen molar-refractivity contribution >= 4 is 21.6 Å². The molecule has 0 unspecified atom stereocenters. The number of carbonyl (C=O) groups is 1. The Balaban J connectivity index is 2.30. The molecule has 0 aliphatic heterocycles. The second kappa shape index (κ2) is 6.59. The van der Waals surface area contributed by atoms with Gasteiger partial charge in [-0.2, -0.15) is 0 Å². The third-order valence-electron chi connectivity index (χ3n) is 4.64. The molecular formula is C16H25N3O3S. The number of aryl methyl sites for hydroxylation is 1. The number of benzene rings is 1. The minimum atomic E-state index is -3.55. The van der Waals surface area contributed by atoms with E-state index < -0.39 is 15.4 Å². The van der Waals surface area contributed by atoms with Crippen molar-refractivity contribution in [3.63, 3.8) is 0 Å². The van der Waals surface area contributed by atoms with Gasteiger partial charge in [-0.3, -0.25) is 4.79 Å². The van der Waals surface area contributed by atoms with Crippen molar-refractivity contribution in [2.75, 3.05) is 26.0 Å². The molecule has 2 rings (SSSR count). The lowest BCUT2D eigenvalue weighted by Crippen LogP contribution is -2.40. The molecule has 3 N–H and O–H groups in total. The van der Waals surface area contributed by atoms with Crippen molar-refractivity contribution in [1.82, 2.24) is 4.31 Å². The first-order valence-corrected chi connectivity index (χ1v) is 9.22. The monoisotopic (exact) mass is 339 g/mol. The van der Waals surface area contributed by atoms with Crippen LogP contribution >= 0.6 is 0 Å². The lowest BCUT2D eigenvalue weighted by molar-refractivity contribution is -0.124. The van der Waals surface area contributed by atoms with Crippen LogP contribution in [0.5, 0.6) is 0 Å². The van der Waals surface area contributed by atoms with Crippen LogP contribution in [0, 0.1) is 12.3 Å². The molecule has 1 amide bonds. The number of nitrogens with two attached hydrogens (primary N) is 1. The maximum atomic E-state index is 12.6. The Hall–Kier alpha value is -1.44. The van der Waals surface area contributed by atoms with E-state index in [4.69, 9.17) is 5.73 Å².